The van der Waals surface area contributed by atoms with Crippen LogP contribution in [0.3, 0.4) is 0 Å². The van der Waals surface area contributed by atoms with Crippen molar-refractivity contribution in [1.82, 2.24) is 4.90 Å². The van der Waals surface area contributed by atoms with Crippen molar-refractivity contribution < 1.29 is 4.79 Å². The van der Waals surface area contributed by atoms with Crippen molar-refractivity contribution in [2.24, 2.45) is 11.1 Å². The third-order valence-corrected chi connectivity index (χ3v) is 5.37. The molecule has 1 aliphatic heterocycles. The van der Waals surface area contributed by atoms with Gasteiger partial charge in [-0.25, -0.2) is 0 Å². The number of hydrogen-bond donors (Lipinski definition) is 1. The lowest BCUT2D eigenvalue weighted by atomic mass is 9.90. The monoisotopic (exact) mass is 366 g/mol. The summed E-state index contributed by atoms with van der Waals surface area (Å²) in [4.78, 5) is 15.3. The molecule has 0 saturated carbocycles. The standard InChI is InChI=1S/C13H19BrN2OS.ClH/c1-13(8-15)4-5-16(9-13)12(17)3-2-11-6-10(14)7-18-11;/h6-7H,2-5,8-9,15H2,1H3;1H. The maximum Gasteiger partial charge on any atom is 0.222 e. The second-order valence-electron chi connectivity index (χ2n) is 5.31. The molecule has 1 aromatic rings. The third-order valence-electron chi connectivity index (χ3n) is 3.61. The molecule has 2 rings (SSSR count). The Morgan fingerprint density at radius 3 is 2.89 bits per heavy atom. The van der Waals surface area contributed by atoms with Crippen molar-refractivity contribution in [3.63, 3.8) is 0 Å². The first-order chi connectivity index (χ1) is 8.52. The van der Waals surface area contributed by atoms with E-state index >= 15 is 0 Å². The summed E-state index contributed by atoms with van der Waals surface area (Å²) in [6.07, 6.45) is 2.47. The zero-order chi connectivity index (χ0) is 13.2. The minimum absolute atomic E-state index is 0. The molecule has 2 N–H and O–H groups in total. The van der Waals surface area contributed by atoms with Crippen LogP contribution in [0.1, 0.15) is 24.6 Å². The van der Waals surface area contributed by atoms with Crippen molar-refractivity contribution >= 4 is 45.6 Å². The Kier molecular flexibility index (Phi) is 6.30. The molecule has 0 bridgehead atoms. The molecule has 3 nitrogen and oxygen atoms in total. The van der Waals surface area contributed by atoms with Crippen molar-refractivity contribution in [2.45, 2.75) is 26.2 Å². The zero-order valence-electron chi connectivity index (χ0n) is 11.0. The molecule has 1 aliphatic rings. The number of rotatable bonds is 4. The number of likely N-dealkylation sites (tertiary alicyclic amines) is 1. The number of aryl methyl sites for hydroxylation is 1. The van der Waals surface area contributed by atoms with E-state index in [0.717, 1.165) is 30.4 Å². The fraction of sp³-hybridized carbons (Fsp3) is 0.615. The largest absolute Gasteiger partial charge is 0.342 e. The van der Waals surface area contributed by atoms with Crippen LogP contribution in [0.4, 0.5) is 0 Å². The van der Waals surface area contributed by atoms with Crippen molar-refractivity contribution in [1.29, 1.82) is 0 Å². The van der Waals surface area contributed by atoms with E-state index in [1.807, 2.05) is 4.90 Å². The highest BCUT2D eigenvalue weighted by Gasteiger charge is 2.34. The maximum absolute atomic E-state index is 12.1. The van der Waals surface area contributed by atoms with E-state index in [2.05, 4.69) is 34.3 Å². The minimum atomic E-state index is 0. The quantitative estimate of drug-likeness (QED) is 0.889. The Labute approximate surface area is 133 Å². The number of nitrogens with zero attached hydrogens (tertiary/aromatic N) is 1. The number of hydrogen-bond acceptors (Lipinski definition) is 3. The van der Waals surface area contributed by atoms with Gasteiger partial charge >= 0.3 is 0 Å². The first-order valence-electron chi connectivity index (χ1n) is 6.23. The third kappa shape index (κ3) is 4.45. The Morgan fingerprint density at radius 1 is 1.63 bits per heavy atom. The van der Waals surface area contributed by atoms with E-state index in [0.29, 0.717) is 13.0 Å². The summed E-state index contributed by atoms with van der Waals surface area (Å²) in [6.45, 7) is 4.50. The average Bonchev–Trinajstić information content (AvgIpc) is 2.94. The summed E-state index contributed by atoms with van der Waals surface area (Å²) in [7, 11) is 0. The molecule has 1 unspecified atom stereocenters. The van der Waals surface area contributed by atoms with Gasteiger partial charge in [-0.2, -0.15) is 0 Å². The highest BCUT2D eigenvalue weighted by molar-refractivity contribution is 9.10. The molecule has 1 atom stereocenters. The van der Waals surface area contributed by atoms with E-state index in [-0.39, 0.29) is 23.7 Å². The molecule has 1 saturated heterocycles. The van der Waals surface area contributed by atoms with Crippen LogP contribution >= 0.6 is 39.7 Å². The van der Waals surface area contributed by atoms with Crippen LogP contribution in [0.15, 0.2) is 15.9 Å². The Bertz CT molecular complexity index is 440. The summed E-state index contributed by atoms with van der Waals surface area (Å²) in [5.74, 6) is 0.261. The molecule has 0 aliphatic carbocycles. The van der Waals surface area contributed by atoms with Gasteiger partial charge < -0.3 is 10.6 Å². The molecule has 0 radical (unpaired) electrons. The number of carbonyl (C=O) groups excluding carboxylic acids is 1. The van der Waals surface area contributed by atoms with Gasteiger partial charge in [0.25, 0.3) is 0 Å². The van der Waals surface area contributed by atoms with Gasteiger partial charge in [0, 0.05) is 34.2 Å². The minimum Gasteiger partial charge on any atom is -0.342 e. The predicted octanol–water partition coefficient (Wildman–Crippen LogP) is 3.06. The first-order valence-corrected chi connectivity index (χ1v) is 7.90. The molecule has 6 heteroatoms. The molecular formula is C13H20BrClN2OS. The smallest absolute Gasteiger partial charge is 0.222 e. The molecule has 1 amide bonds. The summed E-state index contributed by atoms with van der Waals surface area (Å²) in [5, 5.41) is 2.06. The summed E-state index contributed by atoms with van der Waals surface area (Å²) in [5.41, 5.74) is 5.88. The second kappa shape index (κ2) is 7.07. The predicted molar refractivity (Wildman–Crippen MR) is 85.9 cm³/mol. The lowest BCUT2D eigenvalue weighted by molar-refractivity contribution is -0.130. The lowest BCUT2D eigenvalue weighted by Crippen LogP contribution is -2.34. The Balaban J connectivity index is 0.00000180. The van der Waals surface area contributed by atoms with Crippen LogP contribution in [0.25, 0.3) is 0 Å². The second-order valence-corrected chi connectivity index (χ2v) is 7.22. The van der Waals surface area contributed by atoms with E-state index in [1.54, 1.807) is 11.3 Å². The first kappa shape index (κ1) is 17.0. The number of halogens is 2. The van der Waals surface area contributed by atoms with Gasteiger partial charge in [-0.3, -0.25) is 4.79 Å². The van der Waals surface area contributed by atoms with Gasteiger partial charge in [-0.15, -0.1) is 23.7 Å². The van der Waals surface area contributed by atoms with E-state index in [4.69, 9.17) is 5.73 Å². The molecule has 19 heavy (non-hydrogen) atoms. The van der Waals surface area contributed by atoms with Gasteiger partial charge in [0.15, 0.2) is 0 Å². The van der Waals surface area contributed by atoms with Crippen LogP contribution in [-0.2, 0) is 11.2 Å². The maximum atomic E-state index is 12.1. The molecule has 2 heterocycles. The Morgan fingerprint density at radius 2 is 2.37 bits per heavy atom. The summed E-state index contributed by atoms with van der Waals surface area (Å²) < 4.78 is 1.10. The van der Waals surface area contributed by atoms with Crippen LogP contribution in [-0.4, -0.2) is 30.4 Å². The topological polar surface area (TPSA) is 46.3 Å². The van der Waals surface area contributed by atoms with Crippen LogP contribution in [0, 0.1) is 5.41 Å². The summed E-state index contributed by atoms with van der Waals surface area (Å²) >= 11 is 5.13. The highest BCUT2D eigenvalue weighted by Crippen LogP contribution is 2.29. The molecule has 0 aromatic carbocycles. The van der Waals surface area contributed by atoms with Crippen molar-refractivity contribution in [3.8, 4) is 0 Å². The fourth-order valence-corrected chi connectivity index (χ4v) is 3.73. The lowest BCUT2D eigenvalue weighted by Gasteiger charge is -2.22. The van der Waals surface area contributed by atoms with Gasteiger partial charge in [0.2, 0.25) is 5.91 Å². The average molecular weight is 368 g/mol. The van der Waals surface area contributed by atoms with E-state index < -0.39 is 0 Å². The molecule has 1 aromatic heterocycles. The molecule has 108 valence electrons. The van der Waals surface area contributed by atoms with E-state index in [1.165, 1.54) is 4.88 Å². The molecular weight excluding hydrogens is 348 g/mol. The van der Waals surface area contributed by atoms with Crippen molar-refractivity contribution in [3.05, 3.63) is 20.8 Å². The fourth-order valence-electron chi connectivity index (χ4n) is 2.28. The van der Waals surface area contributed by atoms with Crippen LogP contribution in [0.2, 0.25) is 0 Å². The van der Waals surface area contributed by atoms with Crippen LogP contribution < -0.4 is 5.73 Å². The highest BCUT2D eigenvalue weighted by atomic mass is 79.9. The number of nitrogens with two attached hydrogens (primary N) is 1. The SMILES string of the molecule is CC1(CN)CCN(C(=O)CCc2cc(Br)cs2)C1.Cl. The van der Waals surface area contributed by atoms with Crippen molar-refractivity contribution in [2.75, 3.05) is 19.6 Å². The van der Waals surface area contributed by atoms with Gasteiger partial charge in [-0.1, -0.05) is 6.92 Å². The molecule has 1 fully saturated rings. The number of amides is 1. The number of carbonyl (C=O) groups is 1. The van der Waals surface area contributed by atoms with E-state index in [9.17, 15) is 4.79 Å². The Hall–Kier alpha value is -0.100. The van der Waals surface area contributed by atoms with Gasteiger partial charge in [-0.05, 0) is 46.8 Å². The van der Waals surface area contributed by atoms with Crippen LogP contribution in [0.5, 0.6) is 0 Å². The van der Waals surface area contributed by atoms with Gasteiger partial charge in [0.05, 0.1) is 0 Å². The zero-order valence-corrected chi connectivity index (χ0v) is 14.2. The summed E-state index contributed by atoms with van der Waals surface area (Å²) in [6, 6.07) is 2.09. The molecule has 0 spiro atoms. The normalized spacial score (nSPS) is 22.4. The number of thiophene rings is 1. The van der Waals surface area contributed by atoms with Gasteiger partial charge in [0.1, 0.15) is 0 Å².